The quantitative estimate of drug-likeness (QED) is 0.333. The molecule has 0 radical (unpaired) electrons. The highest BCUT2D eigenvalue weighted by Crippen LogP contribution is 2.16. The molecule has 1 heterocycles. The van der Waals surface area contributed by atoms with E-state index in [9.17, 15) is 4.79 Å². The van der Waals surface area contributed by atoms with Crippen LogP contribution < -0.4 is 10.6 Å². The molecule has 164 valence electrons. The summed E-state index contributed by atoms with van der Waals surface area (Å²) in [6.45, 7) is 10.4. The Bertz CT molecular complexity index is 639. The highest BCUT2D eigenvalue weighted by atomic mass is 127. The summed E-state index contributed by atoms with van der Waals surface area (Å²) in [7, 11) is 3.63. The van der Waals surface area contributed by atoms with E-state index >= 15 is 0 Å². The van der Waals surface area contributed by atoms with Crippen LogP contribution >= 0.6 is 24.0 Å². The number of amides is 1. The zero-order chi connectivity index (χ0) is 20.5. The maximum atomic E-state index is 11.9. The van der Waals surface area contributed by atoms with Crippen LogP contribution in [0.2, 0.25) is 0 Å². The number of hydrogen-bond donors (Lipinski definition) is 2. The Labute approximate surface area is 193 Å². The lowest BCUT2D eigenvalue weighted by Crippen LogP contribution is -2.50. The number of nitrogens with zero attached hydrogens (tertiary/aromatic N) is 3. The fraction of sp³-hybridized carbons (Fsp3) is 0.636. The molecule has 0 aliphatic carbocycles. The standard InChI is InChI=1S/C22H37N5O.HI/c1-6-23-22(24-15-18(3)19-9-7-17(2)8-10-19)25-20-11-13-27(14-12-20)16-21(28)26(4)5;/h7-10,18,20H,6,11-16H2,1-5H3,(H2,23,24,25);1H. The van der Waals surface area contributed by atoms with Gasteiger partial charge in [-0.3, -0.25) is 14.7 Å². The van der Waals surface area contributed by atoms with Gasteiger partial charge in [-0.05, 0) is 32.3 Å². The lowest BCUT2D eigenvalue weighted by Gasteiger charge is -2.33. The Balaban J connectivity index is 0.00000420. The number of halogens is 1. The van der Waals surface area contributed by atoms with Crippen LogP contribution in [-0.4, -0.2) is 74.5 Å². The second-order valence-electron chi connectivity index (χ2n) is 8.01. The first-order valence-electron chi connectivity index (χ1n) is 10.4. The van der Waals surface area contributed by atoms with E-state index in [1.54, 1.807) is 4.90 Å². The molecule has 0 aromatic heterocycles. The van der Waals surface area contributed by atoms with Crippen molar-refractivity contribution in [1.29, 1.82) is 0 Å². The van der Waals surface area contributed by atoms with Crippen molar-refractivity contribution in [2.75, 3.05) is 46.8 Å². The first-order valence-corrected chi connectivity index (χ1v) is 10.4. The Hall–Kier alpha value is -1.35. The minimum absolute atomic E-state index is 0. The minimum atomic E-state index is 0. The largest absolute Gasteiger partial charge is 0.357 e. The number of carbonyl (C=O) groups is 1. The molecular formula is C22H38IN5O. The zero-order valence-electron chi connectivity index (χ0n) is 18.6. The summed E-state index contributed by atoms with van der Waals surface area (Å²) in [6, 6.07) is 9.11. The lowest BCUT2D eigenvalue weighted by molar-refractivity contribution is -0.130. The van der Waals surface area contributed by atoms with Crippen LogP contribution in [-0.2, 0) is 4.79 Å². The molecule has 1 unspecified atom stereocenters. The van der Waals surface area contributed by atoms with Gasteiger partial charge in [-0.25, -0.2) is 0 Å². The predicted molar refractivity (Wildman–Crippen MR) is 132 cm³/mol. The summed E-state index contributed by atoms with van der Waals surface area (Å²) in [5.41, 5.74) is 2.61. The SMILES string of the molecule is CCNC(=NCC(C)c1ccc(C)cc1)NC1CCN(CC(=O)N(C)C)CC1.I. The van der Waals surface area contributed by atoms with Crippen LogP contribution in [0.15, 0.2) is 29.3 Å². The van der Waals surface area contributed by atoms with Gasteiger partial charge >= 0.3 is 0 Å². The maximum Gasteiger partial charge on any atom is 0.236 e. The number of rotatable bonds is 7. The summed E-state index contributed by atoms with van der Waals surface area (Å²) < 4.78 is 0. The Morgan fingerprint density at radius 3 is 2.41 bits per heavy atom. The molecule has 1 aromatic carbocycles. The van der Waals surface area contributed by atoms with Crippen molar-refractivity contribution in [3.8, 4) is 0 Å². The van der Waals surface area contributed by atoms with E-state index in [0.717, 1.165) is 45.0 Å². The van der Waals surface area contributed by atoms with E-state index in [0.29, 0.717) is 18.5 Å². The van der Waals surface area contributed by atoms with E-state index in [-0.39, 0.29) is 29.9 Å². The number of piperidine rings is 1. The summed E-state index contributed by atoms with van der Waals surface area (Å²) in [6.07, 6.45) is 2.05. The molecule has 6 nitrogen and oxygen atoms in total. The number of nitrogens with one attached hydrogen (secondary N) is 2. The summed E-state index contributed by atoms with van der Waals surface area (Å²) in [5, 5.41) is 6.96. The van der Waals surface area contributed by atoms with E-state index in [1.807, 2.05) is 14.1 Å². The third-order valence-electron chi connectivity index (χ3n) is 5.30. The third-order valence-corrected chi connectivity index (χ3v) is 5.30. The summed E-state index contributed by atoms with van der Waals surface area (Å²) in [4.78, 5) is 20.6. The van der Waals surface area contributed by atoms with E-state index in [1.165, 1.54) is 11.1 Å². The molecular weight excluding hydrogens is 477 g/mol. The number of hydrogen-bond acceptors (Lipinski definition) is 3. The van der Waals surface area contributed by atoms with Gasteiger partial charge in [0.25, 0.3) is 0 Å². The highest BCUT2D eigenvalue weighted by molar-refractivity contribution is 14.0. The molecule has 1 amide bonds. The van der Waals surface area contributed by atoms with Gasteiger partial charge in [-0.2, -0.15) is 0 Å². The van der Waals surface area contributed by atoms with Crippen molar-refractivity contribution in [2.45, 2.75) is 45.6 Å². The van der Waals surface area contributed by atoms with Gasteiger partial charge in [0, 0.05) is 52.2 Å². The van der Waals surface area contributed by atoms with E-state index in [4.69, 9.17) is 4.99 Å². The Morgan fingerprint density at radius 1 is 1.24 bits per heavy atom. The average Bonchev–Trinajstić information content (AvgIpc) is 2.68. The molecule has 1 aliphatic rings. The van der Waals surface area contributed by atoms with Gasteiger partial charge in [0.2, 0.25) is 5.91 Å². The fourth-order valence-electron chi connectivity index (χ4n) is 3.31. The number of benzene rings is 1. The number of likely N-dealkylation sites (N-methyl/N-ethyl adjacent to an activating group) is 1. The molecule has 1 saturated heterocycles. The van der Waals surface area contributed by atoms with E-state index in [2.05, 4.69) is 60.6 Å². The average molecular weight is 515 g/mol. The van der Waals surface area contributed by atoms with Gasteiger partial charge in [0.05, 0.1) is 6.54 Å². The predicted octanol–water partition coefficient (Wildman–Crippen LogP) is 2.82. The van der Waals surface area contributed by atoms with Gasteiger partial charge in [-0.15, -0.1) is 24.0 Å². The number of likely N-dealkylation sites (tertiary alicyclic amines) is 1. The van der Waals surface area contributed by atoms with Crippen LogP contribution in [0.3, 0.4) is 0 Å². The lowest BCUT2D eigenvalue weighted by atomic mass is 10.0. The summed E-state index contributed by atoms with van der Waals surface area (Å²) >= 11 is 0. The van der Waals surface area contributed by atoms with Crippen molar-refractivity contribution in [1.82, 2.24) is 20.4 Å². The van der Waals surface area contributed by atoms with Crippen LogP contribution in [0.5, 0.6) is 0 Å². The van der Waals surface area contributed by atoms with Crippen molar-refractivity contribution in [2.24, 2.45) is 4.99 Å². The molecule has 1 aliphatic heterocycles. The number of guanidine groups is 1. The maximum absolute atomic E-state index is 11.9. The van der Waals surface area contributed by atoms with Gasteiger partial charge in [0.15, 0.2) is 5.96 Å². The highest BCUT2D eigenvalue weighted by Gasteiger charge is 2.22. The Morgan fingerprint density at radius 2 is 1.86 bits per heavy atom. The number of aryl methyl sites for hydroxylation is 1. The van der Waals surface area contributed by atoms with E-state index < -0.39 is 0 Å². The summed E-state index contributed by atoms with van der Waals surface area (Å²) in [5.74, 6) is 1.45. The van der Waals surface area contributed by atoms with Crippen molar-refractivity contribution in [3.05, 3.63) is 35.4 Å². The molecule has 7 heteroatoms. The van der Waals surface area contributed by atoms with Gasteiger partial charge in [0.1, 0.15) is 0 Å². The third kappa shape index (κ3) is 8.90. The van der Waals surface area contributed by atoms with Crippen LogP contribution in [0.25, 0.3) is 0 Å². The minimum Gasteiger partial charge on any atom is -0.357 e. The van der Waals surface area contributed by atoms with Crippen LogP contribution in [0.4, 0.5) is 0 Å². The Kier molecular flexibility index (Phi) is 11.6. The molecule has 0 spiro atoms. The van der Waals surface area contributed by atoms with Crippen molar-refractivity contribution < 1.29 is 4.79 Å². The van der Waals surface area contributed by atoms with Crippen molar-refractivity contribution in [3.63, 3.8) is 0 Å². The molecule has 1 fully saturated rings. The van der Waals surface area contributed by atoms with Crippen LogP contribution in [0.1, 0.15) is 43.7 Å². The first kappa shape index (κ1) is 25.7. The molecule has 0 bridgehead atoms. The topological polar surface area (TPSA) is 60.0 Å². The molecule has 0 saturated carbocycles. The second kappa shape index (κ2) is 13.1. The monoisotopic (exact) mass is 515 g/mol. The normalized spacial score (nSPS) is 16.7. The van der Waals surface area contributed by atoms with Crippen LogP contribution in [0, 0.1) is 6.92 Å². The molecule has 1 atom stereocenters. The number of aliphatic imine (C=N–C) groups is 1. The van der Waals surface area contributed by atoms with Gasteiger partial charge in [-0.1, -0.05) is 36.8 Å². The molecule has 2 N–H and O–H groups in total. The fourth-order valence-corrected chi connectivity index (χ4v) is 3.31. The van der Waals surface area contributed by atoms with Gasteiger partial charge < -0.3 is 15.5 Å². The number of carbonyl (C=O) groups excluding carboxylic acids is 1. The van der Waals surface area contributed by atoms with Crippen molar-refractivity contribution >= 4 is 35.8 Å². The molecule has 2 rings (SSSR count). The first-order chi connectivity index (χ1) is 13.4. The second-order valence-corrected chi connectivity index (χ2v) is 8.01. The molecule has 29 heavy (non-hydrogen) atoms. The smallest absolute Gasteiger partial charge is 0.236 e. The molecule has 1 aromatic rings. The zero-order valence-corrected chi connectivity index (χ0v) is 20.9.